The Bertz CT molecular complexity index is 666. The van der Waals surface area contributed by atoms with Crippen LogP contribution in [-0.4, -0.2) is 33.6 Å². The molecule has 116 valence electrons. The highest BCUT2D eigenvalue weighted by Gasteiger charge is 2.42. The van der Waals surface area contributed by atoms with Crippen LogP contribution in [0.3, 0.4) is 0 Å². The third kappa shape index (κ3) is 2.24. The molecule has 3 aliphatic heterocycles. The Hall–Kier alpha value is -1.45. The molecule has 2 bridgehead atoms. The Morgan fingerprint density at radius 1 is 1.27 bits per heavy atom. The highest BCUT2D eigenvalue weighted by Crippen LogP contribution is 2.42. The van der Waals surface area contributed by atoms with Gasteiger partial charge in [-0.3, -0.25) is 9.88 Å². The van der Waals surface area contributed by atoms with Crippen molar-refractivity contribution in [3.63, 3.8) is 0 Å². The SMILES string of the molecule is CC[C@@H]1C[C@H]2CCN1[C@H]([C@@H](O)c1ccnc3ccccc13)C2. The maximum Gasteiger partial charge on any atom is 0.0952 e. The minimum atomic E-state index is -0.412. The fourth-order valence-corrected chi connectivity index (χ4v) is 4.57. The maximum atomic E-state index is 11.1. The Morgan fingerprint density at radius 2 is 2.14 bits per heavy atom. The third-order valence-corrected chi connectivity index (χ3v) is 5.71. The average molecular weight is 296 g/mol. The average Bonchev–Trinajstić information content (AvgIpc) is 2.60. The van der Waals surface area contributed by atoms with E-state index in [0.717, 1.165) is 35.3 Å². The summed E-state index contributed by atoms with van der Waals surface area (Å²) in [6.07, 6.45) is 6.36. The molecule has 0 saturated carbocycles. The van der Waals surface area contributed by atoms with Gasteiger partial charge in [0.15, 0.2) is 0 Å². The van der Waals surface area contributed by atoms with Crippen molar-refractivity contribution in [1.29, 1.82) is 0 Å². The molecule has 0 amide bonds. The van der Waals surface area contributed by atoms with E-state index in [4.69, 9.17) is 0 Å². The molecule has 1 aromatic carbocycles. The lowest BCUT2D eigenvalue weighted by Crippen LogP contribution is -2.56. The molecular formula is C19H24N2O. The lowest BCUT2D eigenvalue weighted by atomic mass is 9.75. The second-order valence-electron chi connectivity index (χ2n) is 6.86. The second-order valence-corrected chi connectivity index (χ2v) is 6.86. The molecule has 1 unspecified atom stereocenters. The van der Waals surface area contributed by atoms with Gasteiger partial charge in [-0.1, -0.05) is 25.1 Å². The van der Waals surface area contributed by atoms with E-state index >= 15 is 0 Å². The first-order chi connectivity index (χ1) is 10.8. The number of para-hydroxylation sites is 1. The number of hydrogen-bond donors (Lipinski definition) is 1. The molecule has 3 aliphatic rings. The molecule has 0 aliphatic carbocycles. The van der Waals surface area contributed by atoms with Crippen molar-refractivity contribution in [1.82, 2.24) is 9.88 Å². The molecule has 5 rings (SSSR count). The van der Waals surface area contributed by atoms with Crippen molar-refractivity contribution in [3.8, 4) is 0 Å². The van der Waals surface area contributed by atoms with Gasteiger partial charge in [-0.2, -0.15) is 0 Å². The van der Waals surface area contributed by atoms with E-state index in [1.807, 2.05) is 30.5 Å². The summed E-state index contributed by atoms with van der Waals surface area (Å²) in [4.78, 5) is 6.99. The molecule has 3 heteroatoms. The molecule has 3 fully saturated rings. The van der Waals surface area contributed by atoms with Crippen LogP contribution in [0.4, 0.5) is 0 Å². The molecule has 0 radical (unpaired) electrons. The zero-order valence-electron chi connectivity index (χ0n) is 13.2. The van der Waals surface area contributed by atoms with Crippen molar-refractivity contribution in [3.05, 3.63) is 42.1 Å². The van der Waals surface area contributed by atoms with Crippen LogP contribution >= 0.6 is 0 Å². The van der Waals surface area contributed by atoms with Gasteiger partial charge in [-0.15, -0.1) is 0 Å². The fraction of sp³-hybridized carbons (Fsp3) is 0.526. The summed E-state index contributed by atoms with van der Waals surface area (Å²) in [5.41, 5.74) is 2.01. The summed E-state index contributed by atoms with van der Waals surface area (Å²) in [5.74, 6) is 0.794. The number of nitrogens with zero attached hydrogens (tertiary/aromatic N) is 2. The Balaban J connectivity index is 1.70. The quantitative estimate of drug-likeness (QED) is 0.941. The highest BCUT2D eigenvalue weighted by molar-refractivity contribution is 5.82. The molecule has 0 spiro atoms. The molecule has 5 atom stereocenters. The summed E-state index contributed by atoms with van der Waals surface area (Å²) < 4.78 is 0. The van der Waals surface area contributed by atoms with Crippen LogP contribution in [0, 0.1) is 5.92 Å². The Morgan fingerprint density at radius 3 is 2.95 bits per heavy atom. The largest absolute Gasteiger partial charge is 0.387 e. The zero-order valence-corrected chi connectivity index (χ0v) is 13.2. The number of hydrogen-bond acceptors (Lipinski definition) is 3. The van der Waals surface area contributed by atoms with E-state index in [9.17, 15) is 5.11 Å². The summed E-state index contributed by atoms with van der Waals surface area (Å²) >= 11 is 0. The third-order valence-electron chi connectivity index (χ3n) is 5.71. The number of aromatic nitrogens is 1. The summed E-state index contributed by atoms with van der Waals surface area (Å²) in [6.45, 7) is 3.42. The standard InChI is InChI=1S/C19H24N2O/c1-2-14-11-13-8-10-21(14)18(12-13)19(22)16-7-9-20-17-6-4-3-5-15(16)17/h3-7,9,13-14,18-19,22H,2,8,10-12H2,1H3/t13-,14-,18+,19+/m1/s1. The lowest BCUT2D eigenvalue weighted by molar-refractivity contribution is -0.0616. The number of rotatable bonds is 3. The van der Waals surface area contributed by atoms with Gasteiger partial charge in [0.1, 0.15) is 0 Å². The van der Waals surface area contributed by atoms with E-state index < -0.39 is 6.10 Å². The Kier molecular flexibility index (Phi) is 3.63. The van der Waals surface area contributed by atoms with E-state index in [0.29, 0.717) is 6.04 Å². The van der Waals surface area contributed by atoms with Crippen molar-refractivity contribution < 1.29 is 5.11 Å². The highest BCUT2D eigenvalue weighted by atomic mass is 16.3. The van der Waals surface area contributed by atoms with Crippen LogP contribution in [0.2, 0.25) is 0 Å². The number of benzene rings is 1. The van der Waals surface area contributed by atoms with Gasteiger partial charge in [0, 0.05) is 23.7 Å². The summed E-state index contributed by atoms with van der Waals surface area (Å²) in [5, 5.41) is 12.2. The summed E-state index contributed by atoms with van der Waals surface area (Å²) in [6, 6.07) is 11.1. The molecule has 3 saturated heterocycles. The van der Waals surface area contributed by atoms with Crippen molar-refractivity contribution in [2.45, 2.75) is 50.8 Å². The van der Waals surface area contributed by atoms with Crippen LogP contribution < -0.4 is 0 Å². The molecule has 1 N–H and O–H groups in total. The van der Waals surface area contributed by atoms with Gasteiger partial charge in [0.25, 0.3) is 0 Å². The Labute approximate surface area is 132 Å². The van der Waals surface area contributed by atoms with Crippen LogP contribution in [0.5, 0.6) is 0 Å². The van der Waals surface area contributed by atoms with Gasteiger partial charge in [0.2, 0.25) is 0 Å². The minimum absolute atomic E-state index is 0.267. The van der Waals surface area contributed by atoms with Crippen molar-refractivity contribution in [2.75, 3.05) is 6.54 Å². The predicted molar refractivity (Wildman–Crippen MR) is 88.6 cm³/mol. The van der Waals surface area contributed by atoms with Crippen molar-refractivity contribution in [2.24, 2.45) is 5.92 Å². The number of pyridine rings is 1. The molecule has 3 nitrogen and oxygen atoms in total. The first-order valence-electron chi connectivity index (χ1n) is 8.55. The predicted octanol–water partition coefficient (Wildman–Crippen LogP) is 3.53. The van der Waals surface area contributed by atoms with Crippen LogP contribution in [-0.2, 0) is 0 Å². The first kappa shape index (κ1) is 14.2. The normalized spacial score (nSPS) is 32.3. The molecular weight excluding hydrogens is 272 g/mol. The number of aliphatic hydroxyl groups is 1. The van der Waals surface area contributed by atoms with Gasteiger partial charge in [-0.25, -0.2) is 0 Å². The van der Waals surface area contributed by atoms with Crippen LogP contribution in [0.25, 0.3) is 10.9 Å². The molecule has 1 aromatic heterocycles. The van der Waals surface area contributed by atoms with E-state index in [-0.39, 0.29) is 6.04 Å². The van der Waals surface area contributed by atoms with Gasteiger partial charge in [0.05, 0.1) is 11.6 Å². The number of aliphatic hydroxyl groups excluding tert-OH is 1. The van der Waals surface area contributed by atoms with E-state index in [2.05, 4.69) is 22.9 Å². The van der Waals surface area contributed by atoms with E-state index in [1.54, 1.807) is 0 Å². The lowest BCUT2D eigenvalue weighted by Gasteiger charge is -2.52. The monoisotopic (exact) mass is 296 g/mol. The molecule has 4 heterocycles. The molecule has 2 aromatic rings. The van der Waals surface area contributed by atoms with Gasteiger partial charge < -0.3 is 5.11 Å². The summed E-state index contributed by atoms with van der Waals surface area (Å²) in [7, 11) is 0. The maximum absolute atomic E-state index is 11.1. The first-order valence-corrected chi connectivity index (χ1v) is 8.55. The van der Waals surface area contributed by atoms with E-state index in [1.165, 1.54) is 19.3 Å². The smallest absolute Gasteiger partial charge is 0.0952 e. The second kappa shape index (κ2) is 5.64. The topological polar surface area (TPSA) is 36.4 Å². The van der Waals surface area contributed by atoms with Gasteiger partial charge in [-0.05, 0) is 55.8 Å². The van der Waals surface area contributed by atoms with Crippen LogP contribution in [0.1, 0.15) is 44.3 Å². The van der Waals surface area contributed by atoms with Gasteiger partial charge >= 0.3 is 0 Å². The number of piperidine rings is 3. The molecule has 22 heavy (non-hydrogen) atoms. The van der Waals surface area contributed by atoms with Crippen molar-refractivity contribution >= 4 is 10.9 Å². The zero-order chi connectivity index (χ0) is 15.1. The van der Waals surface area contributed by atoms with Crippen LogP contribution in [0.15, 0.2) is 36.5 Å². The fourth-order valence-electron chi connectivity index (χ4n) is 4.57. The number of fused-ring (bicyclic) bond motifs is 4. The minimum Gasteiger partial charge on any atom is -0.387 e.